The van der Waals surface area contributed by atoms with Crippen molar-refractivity contribution in [2.45, 2.75) is 10.6 Å². The summed E-state index contributed by atoms with van der Waals surface area (Å²) in [6.45, 7) is 0. The number of hydrogen-bond acceptors (Lipinski definition) is 3. The van der Waals surface area contributed by atoms with Crippen molar-refractivity contribution in [1.82, 2.24) is 0 Å². The van der Waals surface area contributed by atoms with Gasteiger partial charge in [0.1, 0.15) is 5.82 Å². The molecule has 6 heteroatoms. The van der Waals surface area contributed by atoms with Crippen LogP contribution >= 0.6 is 27.7 Å². The first-order chi connectivity index (χ1) is 10.0. The van der Waals surface area contributed by atoms with Crippen LogP contribution in [0.4, 0.5) is 4.39 Å². The quantitative estimate of drug-likeness (QED) is 0.813. The molecule has 0 heterocycles. The summed E-state index contributed by atoms with van der Waals surface area (Å²) < 4.78 is 13.6. The maximum absolute atomic E-state index is 13.1. The molecule has 0 saturated carbocycles. The summed E-state index contributed by atoms with van der Waals surface area (Å²) in [6.07, 6.45) is 0. The van der Waals surface area contributed by atoms with Crippen LogP contribution in [0.2, 0.25) is 0 Å². The van der Waals surface area contributed by atoms with E-state index in [1.54, 1.807) is 24.3 Å². The molecule has 0 unspecified atom stereocenters. The highest BCUT2D eigenvalue weighted by Crippen LogP contribution is 2.28. The maximum Gasteiger partial charge on any atom is 0.336 e. The number of thioether (sulfide) groups is 1. The van der Waals surface area contributed by atoms with Crippen molar-refractivity contribution in [1.29, 1.82) is 5.26 Å². The number of nitrogens with zero attached hydrogens (tertiary/aromatic N) is 1. The molecule has 21 heavy (non-hydrogen) atoms. The van der Waals surface area contributed by atoms with Crippen LogP contribution in [0.3, 0.4) is 0 Å². The molecule has 0 spiro atoms. The standard InChI is InChI=1S/C15H9BrFNO2S/c16-14-4-3-12(6-13(14)15(19)20)21-8-9-1-2-11(17)5-10(9)7-18/h1-6H,8H2,(H,19,20). The number of benzene rings is 2. The Morgan fingerprint density at radius 2 is 2.10 bits per heavy atom. The molecule has 106 valence electrons. The highest BCUT2D eigenvalue weighted by Gasteiger charge is 2.10. The Balaban J connectivity index is 2.19. The lowest BCUT2D eigenvalue weighted by Gasteiger charge is -2.06. The van der Waals surface area contributed by atoms with Gasteiger partial charge in [-0.15, -0.1) is 11.8 Å². The third-order valence-electron chi connectivity index (χ3n) is 2.75. The highest BCUT2D eigenvalue weighted by molar-refractivity contribution is 9.10. The SMILES string of the molecule is N#Cc1cc(F)ccc1CSc1ccc(Br)c(C(=O)O)c1. The first-order valence-corrected chi connectivity index (χ1v) is 7.63. The Bertz CT molecular complexity index is 743. The summed E-state index contributed by atoms with van der Waals surface area (Å²) in [5.41, 5.74) is 1.18. The van der Waals surface area contributed by atoms with Crippen molar-refractivity contribution in [3.05, 3.63) is 63.4 Å². The van der Waals surface area contributed by atoms with Crippen LogP contribution in [0.5, 0.6) is 0 Å². The number of halogens is 2. The molecule has 0 atom stereocenters. The number of carboxylic acids is 1. The summed E-state index contributed by atoms with van der Waals surface area (Å²) in [6, 6.07) is 11.0. The average molecular weight is 366 g/mol. The molecule has 0 aromatic heterocycles. The van der Waals surface area contributed by atoms with E-state index in [-0.39, 0.29) is 11.1 Å². The second kappa shape index (κ2) is 6.74. The number of carboxylic acid groups (broad SMARTS) is 1. The predicted molar refractivity (Wildman–Crippen MR) is 81.8 cm³/mol. The number of hydrogen-bond donors (Lipinski definition) is 1. The molecular weight excluding hydrogens is 357 g/mol. The van der Waals surface area contributed by atoms with Crippen molar-refractivity contribution in [2.75, 3.05) is 0 Å². The van der Waals surface area contributed by atoms with Gasteiger partial charge >= 0.3 is 5.97 Å². The van der Waals surface area contributed by atoms with E-state index >= 15 is 0 Å². The Morgan fingerprint density at radius 3 is 2.76 bits per heavy atom. The smallest absolute Gasteiger partial charge is 0.336 e. The van der Waals surface area contributed by atoms with Gasteiger partial charge in [-0.3, -0.25) is 0 Å². The molecule has 0 fully saturated rings. The van der Waals surface area contributed by atoms with Gasteiger partial charge < -0.3 is 5.11 Å². The minimum Gasteiger partial charge on any atom is -0.478 e. The fourth-order valence-corrected chi connectivity index (χ4v) is 3.05. The van der Waals surface area contributed by atoms with E-state index in [0.29, 0.717) is 15.8 Å². The van der Waals surface area contributed by atoms with E-state index in [0.717, 1.165) is 4.90 Å². The summed E-state index contributed by atoms with van der Waals surface area (Å²) in [5, 5.41) is 18.0. The van der Waals surface area contributed by atoms with Crippen molar-refractivity contribution < 1.29 is 14.3 Å². The lowest BCUT2D eigenvalue weighted by atomic mass is 10.1. The Morgan fingerprint density at radius 1 is 1.33 bits per heavy atom. The Hall–Kier alpha value is -1.84. The normalized spacial score (nSPS) is 10.1. The van der Waals surface area contributed by atoms with Crippen molar-refractivity contribution in [3.8, 4) is 6.07 Å². The van der Waals surface area contributed by atoms with Gasteiger partial charge in [0.25, 0.3) is 0 Å². The molecule has 2 rings (SSSR count). The van der Waals surface area contributed by atoms with Crippen molar-refractivity contribution in [3.63, 3.8) is 0 Å². The van der Waals surface area contributed by atoms with Crippen LogP contribution in [0.1, 0.15) is 21.5 Å². The van der Waals surface area contributed by atoms with Crippen molar-refractivity contribution >= 4 is 33.7 Å². The highest BCUT2D eigenvalue weighted by atomic mass is 79.9. The number of carbonyl (C=O) groups is 1. The lowest BCUT2D eigenvalue weighted by molar-refractivity contribution is 0.0695. The first-order valence-electron chi connectivity index (χ1n) is 5.85. The van der Waals surface area contributed by atoms with Gasteiger partial charge in [0.05, 0.1) is 17.2 Å². The van der Waals surface area contributed by atoms with Crippen LogP contribution in [0.25, 0.3) is 0 Å². The molecule has 0 aliphatic heterocycles. The fraction of sp³-hybridized carbons (Fsp3) is 0.0667. The number of nitriles is 1. The summed E-state index contributed by atoms with van der Waals surface area (Å²) in [7, 11) is 0. The van der Waals surface area contributed by atoms with Crippen LogP contribution in [0, 0.1) is 17.1 Å². The topological polar surface area (TPSA) is 61.1 Å². The van der Waals surface area contributed by atoms with Crippen LogP contribution in [-0.4, -0.2) is 11.1 Å². The molecule has 3 nitrogen and oxygen atoms in total. The van der Waals surface area contributed by atoms with Gasteiger partial charge in [0.15, 0.2) is 0 Å². The molecule has 0 aliphatic rings. The minimum atomic E-state index is -1.01. The molecule has 0 bridgehead atoms. The van der Waals surface area contributed by atoms with Gasteiger partial charge in [-0.25, -0.2) is 9.18 Å². The second-order valence-corrected chi connectivity index (χ2v) is 6.05. The van der Waals surface area contributed by atoms with Gasteiger partial charge in [-0.05, 0) is 51.8 Å². The largest absolute Gasteiger partial charge is 0.478 e. The molecular formula is C15H9BrFNO2S. The second-order valence-electron chi connectivity index (χ2n) is 4.15. The minimum absolute atomic E-state index is 0.180. The molecule has 0 aliphatic carbocycles. The van der Waals surface area contributed by atoms with Crippen LogP contribution < -0.4 is 0 Å². The number of rotatable bonds is 4. The fourth-order valence-electron chi connectivity index (χ4n) is 1.70. The van der Waals surface area contributed by atoms with E-state index in [1.165, 1.54) is 23.9 Å². The molecule has 1 N–H and O–H groups in total. The monoisotopic (exact) mass is 365 g/mol. The summed E-state index contributed by atoms with van der Waals surface area (Å²) in [5.74, 6) is -0.995. The van der Waals surface area contributed by atoms with Gasteiger partial charge in [-0.1, -0.05) is 6.07 Å². The van der Waals surface area contributed by atoms with Gasteiger partial charge in [-0.2, -0.15) is 5.26 Å². The van der Waals surface area contributed by atoms with E-state index in [1.807, 2.05) is 6.07 Å². The molecule has 0 saturated heterocycles. The maximum atomic E-state index is 13.1. The molecule has 2 aromatic carbocycles. The predicted octanol–water partition coefficient (Wildman–Crippen LogP) is 4.45. The molecule has 2 aromatic rings. The third kappa shape index (κ3) is 3.84. The van der Waals surface area contributed by atoms with Gasteiger partial charge in [0.2, 0.25) is 0 Å². The van der Waals surface area contributed by atoms with E-state index < -0.39 is 11.8 Å². The van der Waals surface area contributed by atoms with E-state index in [9.17, 15) is 9.18 Å². The van der Waals surface area contributed by atoms with Crippen LogP contribution in [-0.2, 0) is 5.75 Å². The molecule has 0 radical (unpaired) electrons. The van der Waals surface area contributed by atoms with Crippen LogP contribution in [0.15, 0.2) is 45.8 Å². The molecule has 0 amide bonds. The summed E-state index contributed by atoms with van der Waals surface area (Å²) in [4.78, 5) is 11.8. The van der Waals surface area contributed by atoms with E-state index in [4.69, 9.17) is 10.4 Å². The van der Waals surface area contributed by atoms with E-state index in [2.05, 4.69) is 15.9 Å². The zero-order valence-corrected chi connectivity index (χ0v) is 13.0. The van der Waals surface area contributed by atoms with Crippen molar-refractivity contribution in [2.24, 2.45) is 0 Å². The third-order valence-corrected chi connectivity index (χ3v) is 4.49. The first kappa shape index (κ1) is 15.5. The Kier molecular flexibility index (Phi) is 4.99. The zero-order valence-electron chi connectivity index (χ0n) is 10.6. The Labute approximate surface area is 133 Å². The summed E-state index contributed by atoms with van der Waals surface area (Å²) >= 11 is 4.57. The lowest BCUT2D eigenvalue weighted by Crippen LogP contribution is -1.97. The number of aromatic carboxylic acids is 1. The average Bonchev–Trinajstić information content (AvgIpc) is 2.46. The zero-order chi connectivity index (χ0) is 15.4. The van der Waals surface area contributed by atoms with Gasteiger partial charge in [0, 0.05) is 15.1 Å².